The second-order valence-electron chi connectivity index (χ2n) is 10.2. The van der Waals surface area contributed by atoms with Gasteiger partial charge in [-0.1, -0.05) is 19.9 Å². The predicted octanol–water partition coefficient (Wildman–Crippen LogP) is 5.33. The molecule has 2 unspecified atom stereocenters. The van der Waals surface area contributed by atoms with E-state index in [0.29, 0.717) is 28.2 Å². The van der Waals surface area contributed by atoms with Crippen molar-refractivity contribution in [3.63, 3.8) is 0 Å². The number of aliphatic hydroxyl groups excluding tert-OH is 1. The number of aliphatic hydroxyl groups is 2. The summed E-state index contributed by atoms with van der Waals surface area (Å²) in [7, 11) is 1.46. The molecule has 196 valence electrons. The van der Waals surface area contributed by atoms with Crippen LogP contribution in [0.15, 0.2) is 65.0 Å². The quantitative estimate of drug-likeness (QED) is 0.328. The van der Waals surface area contributed by atoms with Crippen molar-refractivity contribution in [2.45, 2.75) is 45.8 Å². The van der Waals surface area contributed by atoms with E-state index in [0.717, 1.165) is 5.56 Å². The molecule has 0 bridgehead atoms. The van der Waals surface area contributed by atoms with Crippen LogP contribution in [-0.2, 0) is 0 Å². The number of carbonyl (C=O) groups is 1. The van der Waals surface area contributed by atoms with Crippen molar-refractivity contribution in [2.24, 2.45) is 5.41 Å². The lowest BCUT2D eigenvalue weighted by atomic mass is 9.64. The van der Waals surface area contributed by atoms with Crippen molar-refractivity contribution in [2.75, 3.05) is 13.7 Å². The van der Waals surface area contributed by atoms with E-state index in [1.54, 1.807) is 38.1 Å². The van der Waals surface area contributed by atoms with Crippen molar-refractivity contribution in [1.29, 1.82) is 0 Å². The molecule has 0 amide bonds. The van der Waals surface area contributed by atoms with Gasteiger partial charge in [-0.05, 0) is 61.1 Å². The molecule has 2 atom stereocenters. The summed E-state index contributed by atoms with van der Waals surface area (Å²) < 4.78 is 35.8. The van der Waals surface area contributed by atoms with Crippen molar-refractivity contribution in [3.8, 4) is 17.2 Å². The Kier molecular flexibility index (Phi) is 7.17. The fourth-order valence-electron chi connectivity index (χ4n) is 4.86. The van der Waals surface area contributed by atoms with Crippen LogP contribution in [0.3, 0.4) is 0 Å². The molecule has 37 heavy (non-hydrogen) atoms. The molecule has 2 N–H and O–H groups in total. The van der Waals surface area contributed by atoms with E-state index in [1.807, 2.05) is 13.8 Å². The summed E-state index contributed by atoms with van der Waals surface area (Å²) in [5.74, 6) is -0.121. The fraction of sp³-hybridized carbons (Fsp3) is 0.345. The third kappa shape index (κ3) is 5.40. The van der Waals surface area contributed by atoms with E-state index in [2.05, 4.69) is 0 Å². The molecular weight excluding hydrogens is 479 g/mol. The number of esters is 1. The summed E-state index contributed by atoms with van der Waals surface area (Å²) >= 11 is 0. The SMILES string of the molecule is COc1cc(OC(=O)c2ccoc2)ccc1C1=C(COc2cc(F)ccc2C)C(C)(O)CC(C)(C)C1O. The summed E-state index contributed by atoms with van der Waals surface area (Å²) in [5, 5.41) is 23.0. The summed E-state index contributed by atoms with van der Waals surface area (Å²) in [5.41, 5.74) is 0.384. The van der Waals surface area contributed by atoms with Gasteiger partial charge >= 0.3 is 5.97 Å². The van der Waals surface area contributed by atoms with E-state index in [4.69, 9.17) is 18.6 Å². The zero-order chi connectivity index (χ0) is 27.0. The zero-order valence-electron chi connectivity index (χ0n) is 21.5. The standard InChI is InChI=1S/C29H31FO7/c1-17-6-7-19(30)12-23(17)36-15-22-25(26(31)28(2,3)16-29(22,4)33)21-9-8-20(13-24(21)34-5)37-27(32)18-10-11-35-14-18/h6-14,26,31,33H,15-16H2,1-5H3. The summed E-state index contributed by atoms with van der Waals surface area (Å²) in [6.45, 7) is 7.13. The van der Waals surface area contributed by atoms with Crippen LogP contribution in [-0.4, -0.2) is 41.6 Å². The maximum absolute atomic E-state index is 13.8. The Balaban J connectivity index is 1.77. The molecule has 4 rings (SSSR count). The minimum atomic E-state index is -1.34. The van der Waals surface area contributed by atoms with Gasteiger partial charge in [-0.2, -0.15) is 0 Å². The molecule has 0 aliphatic heterocycles. The van der Waals surface area contributed by atoms with Gasteiger partial charge in [-0.3, -0.25) is 0 Å². The fourth-order valence-corrected chi connectivity index (χ4v) is 4.86. The number of hydrogen-bond acceptors (Lipinski definition) is 7. The number of hydrogen-bond donors (Lipinski definition) is 2. The van der Waals surface area contributed by atoms with Crippen LogP contribution in [0.2, 0.25) is 0 Å². The number of rotatable bonds is 7. The first-order valence-electron chi connectivity index (χ1n) is 11.9. The number of benzene rings is 2. The molecule has 0 fully saturated rings. The zero-order valence-corrected chi connectivity index (χ0v) is 21.5. The number of methoxy groups -OCH3 is 1. The summed E-state index contributed by atoms with van der Waals surface area (Å²) in [6, 6.07) is 10.5. The van der Waals surface area contributed by atoms with Crippen molar-refractivity contribution < 1.29 is 38.0 Å². The first-order valence-corrected chi connectivity index (χ1v) is 11.9. The van der Waals surface area contributed by atoms with E-state index in [-0.39, 0.29) is 24.3 Å². The van der Waals surface area contributed by atoms with Gasteiger partial charge in [0.2, 0.25) is 0 Å². The van der Waals surface area contributed by atoms with Crippen LogP contribution in [0.25, 0.3) is 5.57 Å². The Labute approximate surface area is 215 Å². The number of halogens is 1. The molecule has 2 aromatic carbocycles. The highest BCUT2D eigenvalue weighted by Crippen LogP contribution is 2.50. The molecule has 0 saturated heterocycles. The Hall–Kier alpha value is -3.62. The molecule has 0 radical (unpaired) electrons. The molecule has 3 aromatic rings. The van der Waals surface area contributed by atoms with Gasteiger partial charge in [0.15, 0.2) is 0 Å². The van der Waals surface area contributed by atoms with Crippen molar-refractivity contribution in [3.05, 3.63) is 83.1 Å². The van der Waals surface area contributed by atoms with Crippen molar-refractivity contribution >= 4 is 11.5 Å². The molecule has 8 heteroatoms. The predicted molar refractivity (Wildman–Crippen MR) is 135 cm³/mol. The summed E-state index contributed by atoms with van der Waals surface area (Å²) in [4.78, 5) is 12.4. The molecule has 0 saturated carbocycles. The smallest absolute Gasteiger partial charge is 0.346 e. The van der Waals surface area contributed by atoms with Gasteiger partial charge in [0.05, 0.1) is 30.6 Å². The Morgan fingerprint density at radius 2 is 1.89 bits per heavy atom. The number of aryl methyl sites for hydroxylation is 1. The van der Waals surface area contributed by atoms with Crippen LogP contribution in [0.5, 0.6) is 17.2 Å². The third-order valence-electron chi connectivity index (χ3n) is 6.74. The second kappa shape index (κ2) is 10.0. The summed E-state index contributed by atoms with van der Waals surface area (Å²) in [6.07, 6.45) is 1.95. The number of carbonyl (C=O) groups excluding carboxylic acids is 1. The Morgan fingerprint density at radius 1 is 1.14 bits per heavy atom. The van der Waals surface area contributed by atoms with Gasteiger partial charge < -0.3 is 28.8 Å². The Bertz CT molecular complexity index is 1320. The molecule has 1 aliphatic carbocycles. The lowest BCUT2D eigenvalue weighted by Crippen LogP contribution is -2.47. The highest BCUT2D eigenvalue weighted by Gasteiger charge is 2.47. The normalized spacial score (nSPS) is 21.0. The van der Waals surface area contributed by atoms with Gasteiger partial charge in [0.1, 0.15) is 35.9 Å². The van der Waals surface area contributed by atoms with Crippen LogP contribution in [0, 0.1) is 18.2 Å². The number of furan rings is 1. The van der Waals surface area contributed by atoms with Crippen LogP contribution < -0.4 is 14.2 Å². The molecule has 7 nitrogen and oxygen atoms in total. The van der Waals surface area contributed by atoms with E-state index < -0.39 is 28.9 Å². The van der Waals surface area contributed by atoms with Crippen LogP contribution >= 0.6 is 0 Å². The monoisotopic (exact) mass is 510 g/mol. The lowest BCUT2D eigenvalue weighted by molar-refractivity contribution is -0.0159. The molecule has 1 aromatic heterocycles. The van der Waals surface area contributed by atoms with Gasteiger partial charge in [-0.15, -0.1) is 0 Å². The highest BCUT2D eigenvalue weighted by atomic mass is 19.1. The largest absolute Gasteiger partial charge is 0.496 e. The lowest BCUT2D eigenvalue weighted by Gasteiger charge is -2.46. The van der Waals surface area contributed by atoms with Gasteiger partial charge in [0.25, 0.3) is 0 Å². The highest BCUT2D eigenvalue weighted by molar-refractivity contribution is 5.90. The minimum absolute atomic E-state index is 0.0832. The van der Waals surface area contributed by atoms with Gasteiger partial charge in [0, 0.05) is 23.3 Å². The molecule has 0 spiro atoms. The maximum Gasteiger partial charge on any atom is 0.346 e. The number of ether oxygens (including phenoxy) is 3. The topological polar surface area (TPSA) is 98.4 Å². The van der Waals surface area contributed by atoms with E-state index in [9.17, 15) is 19.4 Å². The first kappa shape index (κ1) is 26.4. The second-order valence-corrected chi connectivity index (χ2v) is 10.2. The average molecular weight is 511 g/mol. The molecular formula is C29H31FO7. The first-order chi connectivity index (χ1) is 17.4. The van der Waals surface area contributed by atoms with Crippen LogP contribution in [0.1, 0.15) is 48.7 Å². The molecule has 1 heterocycles. The van der Waals surface area contributed by atoms with E-state index in [1.165, 1.54) is 37.8 Å². The maximum atomic E-state index is 13.8. The van der Waals surface area contributed by atoms with E-state index >= 15 is 0 Å². The minimum Gasteiger partial charge on any atom is -0.496 e. The molecule has 1 aliphatic rings. The van der Waals surface area contributed by atoms with Crippen molar-refractivity contribution in [1.82, 2.24) is 0 Å². The van der Waals surface area contributed by atoms with Crippen LogP contribution in [0.4, 0.5) is 4.39 Å². The third-order valence-corrected chi connectivity index (χ3v) is 6.74. The van der Waals surface area contributed by atoms with Gasteiger partial charge in [-0.25, -0.2) is 9.18 Å². The Morgan fingerprint density at radius 3 is 2.57 bits per heavy atom. The average Bonchev–Trinajstić information content (AvgIpc) is 3.37.